The second-order valence-corrected chi connectivity index (χ2v) is 7.26. The molecule has 0 radical (unpaired) electrons. The maximum atomic E-state index is 12.1. The first-order valence-corrected chi connectivity index (χ1v) is 9.69. The van der Waals surface area contributed by atoms with Crippen molar-refractivity contribution in [2.75, 3.05) is 6.54 Å². The number of benzene rings is 2. The minimum atomic E-state index is -0.0345. The van der Waals surface area contributed by atoms with Crippen molar-refractivity contribution in [2.24, 2.45) is 0 Å². The Kier molecular flexibility index (Phi) is 4.21. The van der Waals surface area contributed by atoms with E-state index in [2.05, 4.69) is 52.5 Å². The van der Waals surface area contributed by atoms with Crippen molar-refractivity contribution in [2.45, 2.75) is 13.3 Å². The highest BCUT2D eigenvalue weighted by atomic mass is 16.1. The quantitative estimate of drug-likeness (QED) is 0.553. The lowest BCUT2D eigenvalue weighted by atomic mass is 9.98. The van der Waals surface area contributed by atoms with Crippen molar-refractivity contribution in [3.63, 3.8) is 0 Å². The number of carbonyl (C=O) groups is 1. The van der Waals surface area contributed by atoms with Gasteiger partial charge in [-0.05, 0) is 30.2 Å². The van der Waals surface area contributed by atoms with Crippen molar-refractivity contribution in [1.29, 1.82) is 0 Å². The number of fused-ring (bicyclic) bond motifs is 1. The summed E-state index contributed by atoms with van der Waals surface area (Å²) >= 11 is 0. The molecule has 0 atom stereocenters. The third kappa shape index (κ3) is 3.21. The summed E-state index contributed by atoms with van der Waals surface area (Å²) < 4.78 is 0. The molecule has 1 aliphatic rings. The lowest BCUT2D eigenvalue weighted by molar-refractivity contribution is 0.0946. The summed E-state index contributed by atoms with van der Waals surface area (Å²) in [6, 6.07) is 20.4. The fourth-order valence-corrected chi connectivity index (χ4v) is 3.73. The van der Waals surface area contributed by atoms with Crippen LogP contribution in [0.2, 0.25) is 0 Å². The van der Waals surface area contributed by atoms with Gasteiger partial charge in [0.2, 0.25) is 0 Å². The van der Waals surface area contributed by atoms with Crippen LogP contribution in [0.4, 0.5) is 0 Å². The first-order chi connectivity index (χ1) is 14.2. The van der Waals surface area contributed by atoms with Crippen molar-refractivity contribution in [1.82, 2.24) is 20.3 Å². The summed E-state index contributed by atoms with van der Waals surface area (Å²) in [4.78, 5) is 24.8. The summed E-state index contributed by atoms with van der Waals surface area (Å²) in [5.74, 6) is 0.628. The van der Waals surface area contributed by atoms with Gasteiger partial charge < -0.3 is 10.3 Å². The van der Waals surface area contributed by atoms with Gasteiger partial charge in [-0.25, -0.2) is 9.97 Å². The van der Waals surface area contributed by atoms with Crippen molar-refractivity contribution in [3.8, 4) is 33.9 Å². The summed E-state index contributed by atoms with van der Waals surface area (Å²) in [7, 11) is 0. The Hall–Kier alpha value is -3.73. The highest BCUT2D eigenvalue weighted by Crippen LogP contribution is 2.31. The highest BCUT2D eigenvalue weighted by Gasteiger charge is 2.20. The van der Waals surface area contributed by atoms with Gasteiger partial charge >= 0.3 is 0 Å². The van der Waals surface area contributed by atoms with Gasteiger partial charge in [-0.15, -0.1) is 0 Å². The standard InChI is InChI=1S/C24H20N4O/c1-15-6-8-16(9-7-15)17-4-2-3-5-18(17)23-25-12-11-21(28-23)22-14-19-20(27-22)10-13-26-24(19)29/h2-9,11-12,14,27H,10,13H2,1H3,(H,26,29). The molecule has 5 nitrogen and oxygen atoms in total. The molecule has 0 unspecified atom stereocenters. The van der Waals surface area contributed by atoms with Crippen molar-refractivity contribution >= 4 is 5.91 Å². The molecule has 2 aromatic carbocycles. The Morgan fingerprint density at radius 2 is 1.72 bits per heavy atom. The molecule has 29 heavy (non-hydrogen) atoms. The summed E-state index contributed by atoms with van der Waals surface area (Å²) in [6.45, 7) is 2.74. The van der Waals surface area contributed by atoms with Gasteiger partial charge in [-0.2, -0.15) is 0 Å². The van der Waals surface area contributed by atoms with Crippen LogP contribution in [0, 0.1) is 6.92 Å². The van der Waals surface area contributed by atoms with E-state index in [-0.39, 0.29) is 5.91 Å². The normalized spacial score (nSPS) is 13.1. The van der Waals surface area contributed by atoms with Crippen LogP contribution in [-0.2, 0) is 6.42 Å². The van der Waals surface area contributed by atoms with Gasteiger partial charge in [0, 0.05) is 30.4 Å². The van der Waals surface area contributed by atoms with E-state index < -0.39 is 0 Å². The lowest BCUT2D eigenvalue weighted by Gasteiger charge is -2.11. The van der Waals surface area contributed by atoms with E-state index >= 15 is 0 Å². The van der Waals surface area contributed by atoms with Crippen molar-refractivity contribution < 1.29 is 4.79 Å². The van der Waals surface area contributed by atoms with Gasteiger partial charge in [-0.3, -0.25) is 4.79 Å². The number of aryl methyl sites for hydroxylation is 1. The van der Waals surface area contributed by atoms with E-state index in [4.69, 9.17) is 4.98 Å². The highest BCUT2D eigenvalue weighted by molar-refractivity contribution is 5.97. The first-order valence-electron chi connectivity index (χ1n) is 9.69. The lowest BCUT2D eigenvalue weighted by Crippen LogP contribution is -2.31. The van der Waals surface area contributed by atoms with E-state index in [1.807, 2.05) is 30.3 Å². The maximum Gasteiger partial charge on any atom is 0.253 e. The Labute approximate surface area is 168 Å². The number of nitrogens with zero attached hydrogens (tertiary/aromatic N) is 2. The van der Waals surface area contributed by atoms with Crippen LogP contribution in [-0.4, -0.2) is 27.4 Å². The van der Waals surface area contributed by atoms with E-state index in [0.717, 1.165) is 40.2 Å². The average Bonchev–Trinajstić information content (AvgIpc) is 3.20. The zero-order chi connectivity index (χ0) is 19.8. The molecule has 5 heteroatoms. The number of carbonyl (C=O) groups excluding carboxylic acids is 1. The average molecular weight is 380 g/mol. The first kappa shape index (κ1) is 17.4. The predicted octanol–water partition coefficient (Wildman–Crippen LogP) is 4.40. The van der Waals surface area contributed by atoms with Crippen LogP contribution < -0.4 is 5.32 Å². The molecule has 1 amide bonds. The van der Waals surface area contributed by atoms with Crippen LogP contribution in [0.15, 0.2) is 66.9 Å². The molecule has 4 aromatic rings. The Balaban J connectivity index is 1.58. The number of hydrogen-bond acceptors (Lipinski definition) is 3. The smallest absolute Gasteiger partial charge is 0.253 e. The molecule has 0 saturated carbocycles. The second-order valence-electron chi connectivity index (χ2n) is 7.26. The fourth-order valence-electron chi connectivity index (χ4n) is 3.73. The fraction of sp³-hybridized carbons (Fsp3) is 0.125. The summed E-state index contributed by atoms with van der Waals surface area (Å²) in [5.41, 5.74) is 7.70. The SMILES string of the molecule is Cc1ccc(-c2ccccc2-c2nccc(-c3cc4c([nH]3)CCNC4=O)n2)cc1. The van der Waals surface area contributed by atoms with E-state index in [9.17, 15) is 4.79 Å². The molecule has 0 fully saturated rings. The number of hydrogen-bond donors (Lipinski definition) is 2. The molecule has 1 aliphatic heterocycles. The van der Waals surface area contributed by atoms with Gasteiger partial charge in [0.25, 0.3) is 5.91 Å². The zero-order valence-corrected chi connectivity index (χ0v) is 16.1. The zero-order valence-electron chi connectivity index (χ0n) is 16.1. The van der Waals surface area contributed by atoms with Gasteiger partial charge in [0.15, 0.2) is 5.82 Å². The molecule has 0 aliphatic carbocycles. The van der Waals surface area contributed by atoms with Gasteiger partial charge in [0.1, 0.15) is 0 Å². The molecular weight excluding hydrogens is 360 g/mol. The number of rotatable bonds is 3. The Morgan fingerprint density at radius 3 is 2.52 bits per heavy atom. The molecule has 2 aromatic heterocycles. The van der Waals surface area contributed by atoms with Crippen LogP contribution in [0.25, 0.3) is 33.9 Å². The van der Waals surface area contributed by atoms with E-state index in [1.165, 1.54) is 5.56 Å². The molecule has 0 saturated heterocycles. The molecule has 2 N–H and O–H groups in total. The Morgan fingerprint density at radius 1 is 0.931 bits per heavy atom. The minimum absolute atomic E-state index is 0.0345. The predicted molar refractivity (Wildman–Crippen MR) is 113 cm³/mol. The molecule has 0 bridgehead atoms. The largest absolute Gasteiger partial charge is 0.356 e. The number of H-pyrrole nitrogens is 1. The van der Waals surface area contributed by atoms with Crippen LogP contribution in [0.5, 0.6) is 0 Å². The molecule has 3 heterocycles. The molecule has 142 valence electrons. The van der Waals surface area contributed by atoms with Crippen LogP contribution in [0.1, 0.15) is 21.6 Å². The number of aromatic nitrogens is 3. The number of amides is 1. The Bertz CT molecular complexity index is 1210. The third-order valence-corrected chi connectivity index (χ3v) is 5.27. The second kappa shape index (κ2) is 7.02. The van der Waals surface area contributed by atoms with Gasteiger partial charge in [-0.1, -0.05) is 54.1 Å². The monoisotopic (exact) mass is 380 g/mol. The molecular formula is C24H20N4O. The third-order valence-electron chi connectivity index (χ3n) is 5.27. The number of nitrogens with one attached hydrogen (secondary N) is 2. The van der Waals surface area contributed by atoms with Gasteiger partial charge in [0.05, 0.1) is 17.0 Å². The molecule has 5 rings (SSSR count). The van der Waals surface area contributed by atoms with E-state index in [0.29, 0.717) is 17.9 Å². The summed E-state index contributed by atoms with van der Waals surface area (Å²) in [5, 5.41) is 2.88. The van der Waals surface area contributed by atoms with Crippen LogP contribution in [0.3, 0.4) is 0 Å². The topological polar surface area (TPSA) is 70.7 Å². The maximum absolute atomic E-state index is 12.1. The minimum Gasteiger partial charge on any atom is -0.356 e. The number of aromatic amines is 1. The summed E-state index contributed by atoms with van der Waals surface area (Å²) in [6.07, 6.45) is 2.57. The van der Waals surface area contributed by atoms with Crippen LogP contribution >= 0.6 is 0 Å². The van der Waals surface area contributed by atoms with E-state index in [1.54, 1.807) is 6.20 Å². The molecule has 0 spiro atoms. The van der Waals surface area contributed by atoms with Crippen molar-refractivity contribution in [3.05, 3.63) is 83.7 Å².